The summed E-state index contributed by atoms with van der Waals surface area (Å²) in [6.07, 6.45) is 1.48. The molecule has 1 N–H and O–H groups in total. The number of methoxy groups -OCH3 is 1. The third-order valence-electron chi connectivity index (χ3n) is 5.13. The Balaban J connectivity index is 1.95. The van der Waals surface area contributed by atoms with E-state index in [4.69, 9.17) is 4.74 Å². The van der Waals surface area contributed by atoms with Crippen molar-refractivity contribution < 1.29 is 24.4 Å². The number of amides is 1. The van der Waals surface area contributed by atoms with E-state index in [-0.39, 0.29) is 22.2 Å². The minimum Gasteiger partial charge on any atom is -0.507 e. The van der Waals surface area contributed by atoms with Crippen LogP contribution in [0.4, 0.5) is 10.8 Å². The molecule has 3 aromatic rings. The predicted octanol–water partition coefficient (Wildman–Crippen LogP) is 3.99. The average Bonchev–Trinajstić information content (AvgIpc) is 3.40. The molecular weight excluding hydrogens is 434 g/mol. The minimum atomic E-state index is -1.08. The first kappa shape index (κ1) is 21.2. The molecule has 9 nitrogen and oxygen atoms in total. The van der Waals surface area contributed by atoms with E-state index >= 15 is 0 Å². The molecule has 0 unspecified atom stereocenters. The highest BCUT2D eigenvalue weighted by Crippen LogP contribution is 2.43. The van der Waals surface area contributed by atoms with Crippen molar-refractivity contribution in [3.05, 3.63) is 86.4 Å². The standard InChI is InChI=1S/C22H17N3O6S/c1-12-10-14(6-7-16(12)31-2)19(26)17-18(13-4-3-5-15(11-13)25(29)30)24(21(28)20(17)27)22-23-8-9-32-22/h3-11,18,26H,1-2H3/t18-/m0/s1. The van der Waals surface area contributed by atoms with Gasteiger partial charge in [0.2, 0.25) is 0 Å². The number of aryl methyl sites for hydroxylation is 1. The third-order valence-corrected chi connectivity index (χ3v) is 5.91. The highest BCUT2D eigenvalue weighted by Gasteiger charge is 2.48. The number of nitro groups is 1. The van der Waals surface area contributed by atoms with Gasteiger partial charge < -0.3 is 9.84 Å². The maximum Gasteiger partial charge on any atom is 0.301 e. The van der Waals surface area contributed by atoms with Gasteiger partial charge in [-0.1, -0.05) is 12.1 Å². The maximum atomic E-state index is 13.0. The molecule has 162 valence electrons. The molecule has 0 aliphatic carbocycles. The Morgan fingerprint density at radius 2 is 2.03 bits per heavy atom. The summed E-state index contributed by atoms with van der Waals surface area (Å²) in [6.45, 7) is 1.78. The topological polar surface area (TPSA) is 123 Å². The van der Waals surface area contributed by atoms with Crippen LogP contribution in [0.25, 0.3) is 5.76 Å². The van der Waals surface area contributed by atoms with E-state index in [2.05, 4.69) is 4.98 Å². The number of benzene rings is 2. The Hall–Kier alpha value is -4.05. The smallest absolute Gasteiger partial charge is 0.301 e. The molecule has 1 fully saturated rings. The van der Waals surface area contributed by atoms with E-state index in [0.717, 1.165) is 21.8 Å². The SMILES string of the molecule is COc1ccc(C(O)=C2C(=O)C(=O)N(c3nccs3)[C@H]2c2cccc([N+](=O)[O-])c2)cc1C. The van der Waals surface area contributed by atoms with Crippen molar-refractivity contribution in [3.8, 4) is 5.75 Å². The van der Waals surface area contributed by atoms with Gasteiger partial charge in [0, 0.05) is 29.3 Å². The highest BCUT2D eigenvalue weighted by atomic mass is 32.1. The second kappa shape index (κ2) is 8.23. The Morgan fingerprint density at radius 3 is 2.66 bits per heavy atom. The molecule has 2 aromatic carbocycles. The van der Waals surface area contributed by atoms with Crippen LogP contribution in [-0.4, -0.2) is 33.8 Å². The number of aliphatic hydroxyl groups excluding tert-OH is 1. The normalized spacial score (nSPS) is 17.6. The number of carbonyl (C=O) groups excluding carboxylic acids is 2. The van der Waals surface area contributed by atoms with Gasteiger partial charge in [0.1, 0.15) is 11.5 Å². The summed E-state index contributed by atoms with van der Waals surface area (Å²) >= 11 is 1.14. The van der Waals surface area contributed by atoms with Gasteiger partial charge in [-0.3, -0.25) is 24.6 Å². The lowest BCUT2D eigenvalue weighted by molar-refractivity contribution is -0.384. The van der Waals surface area contributed by atoms with E-state index in [1.807, 2.05) is 0 Å². The number of ketones is 1. The van der Waals surface area contributed by atoms with Crippen LogP contribution in [0.15, 0.2) is 59.6 Å². The van der Waals surface area contributed by atoms with Crippen molar-refractivity contribution in [2.75, 3.05) is 12.0 Å². The van der Waals surface area contributed by atoms with Gasteiger partial charge in [-0.25, -0.2) is 4.98 Å². The molecule has 1 amide bonds. The minimum absolute atomic E-state index is 0.171. The molecule has 32 heavy (non-hydrogen) atoms. The summed E-state index contributed by atoms with van der Waals surface area (Å²) in [5, 5.41) is 24.3. The van der Waals surface area contributed by atoms with E-state index in [9.17, 15) is 24.8 Å². The zero-order valence-corrected chi connectivity index (χ0v) is 17.8. The Bertz CT molecular complexity index is 1270. The third kappa shape index (κ3) is 3.50. The van der Waals surface area contributed by atoms with Gasteiger partial charge in [0.25, 0.3) is 11.5 Å². The number of rotatable bonds is 5. The molecule has 0 spiro atoms. The number of non-ortho nitro benzene ring substituents is 1. The summed E-state index contributed by atoms with van der Waals surface area (Å²) in [6, 6.07) is 9.39. The van der Waals surface area contributed by atoms with Crippen LogP contribution in [0.5, 0.6) is 5.75 Å². The molecule has 10 heteroatoms. The van der Waals surface area contributed by atoms with Crippen molar-refractivity contribution in [1.29, 1.82) is 0 Å². The molecular formula is C22H17N3O6S. The molecule has 1 atom stereocenters. The van der Waals surface area contributed by atoms with Crippen LogP contribution in [0.1, 0.15) is 22.7 Å². The molecule has 1 aliphatic rings. The zero-order valence-electron chi connectivity index (χ0n) is 17.0. The summed E-state index contributed by atoms with van der Waals surface area (Å²) in [4.78, 5) is 42.1. The lowest BCUT2D eigenvalue weighted by Gasteiger charge is -2.22. The Morgan fingerprint density at radius 1 is 1.25 bits per heavy atom. The number of carbonyl (C=O) groups is 2. The lowest BCUT2D eigenvalue weighted by atomic mass is 9.94. The Labute approximate surface area is 186 Å². The number of aromatic nitrogens is 1. The molecule has 1 saturated heterocycles. The maximum absolute atomic E-state index is 13.0. The summed E-state index contributed by atoms with van der Waals surface area (Å²) in [5.74, 6) is -1.56. The predicted molar refractivity (Wildman–Crippen MR) is 118 cm³/mol. The van der Waals surface area contributed by atoms with Crippen LogP contribution in [0, 0.1) is 17.0 Å². The molecule has 0 saturated carbocycles. The van der Waals surface area contributed by atoms with Crippen molar-refractivity contribution in [2.24, 2.45) is 0 Å². The van der Waals surface area contributed by atoms with E-state index in [0.29, 0.717) is 16.9 Å². The number of hydrogen-bond donors (Lipinski definition) is 1. The monoisotopic (exact) mass is 451 g/mol. The van der Waals surface area contributed by atoms with Crippen molar-refractivity contribution in [2.45, 2.75) is 13.0 Å². The fraction of sp³-hybridized carbons (Fsp3) is 0.136. The molecule has 2 heterocycles. The van der Waals surface area contributed by atoms with Crippen LogP contribution in [-0.2, 0) is 9.59 Å². The fourth-order valence-corrected chi connectivity index (χ4v) is 4.34. The molecule has 1 aromatic heterocycles. The summed E-state index contributed by atoms with van der Waals surface area (Å²) in [5.41, 5.74) is 0.969. The van der Waals surface area contributed by atoms with E-state index in [1.165, 1.54) is 31.5 Å². The van der Waals surface area contributed by atoms with Crippen molar-refractivity contribution >= 4 is 39.6 Å². The first-order chi connectivity index (χ1) is 15.3. The average molecular weight is 451 g/mol. The molecule has 0 radical (unpaired) electrons. The van der Waals surface area contributed by atoms with E-state index < -0.39 is 22.7 Å². The second-order valence-corrected chi connectivity index (χ2v) is 7.89. The van der Waals surface area contributed by atoms with Gasteiger partial charge >= 0.3 is 5.91 Å². The van der Waals surface area contributed by atoms with Crippen LogP contribution in [0.3, 0.4) is 0 Å². The highest BCUT2D eigenvalue weighted by molar-refractivity contribution is 7.14. The molecule has 0 bridgehead atoms. The van der Waals surface area contributed by atoms with Gasteiger partial charge in [-0.05, 0) is 36.2 Å². The zero-order chi connectivity index (χ0) is 23.0. The van der Waals surface area contributed by atoms with Gasteiger partial charge in [-0.2, -0.15) is 0 Å². The fourth-order valence-electron chi connectivity index (χ4n) is 3.67. The number of ether oxygens (including phenoxy) is 1. The number of hydrogen-bond acceptors (Lipinski definition) is 8. The van der Waals surface area contributed by atoms with Crippen molar-refractivity contribution in [1.82, 2.24) is 4.98 Å². The molecule has 4 rings (SSSR count). The second-order valence-electron chi connectivity index (χ2n) is 7.02. The quantitative estimate of drug-likeness (QED) is 0.204. The number of aliphatic hydroxyl groups is 1. The first-order valence-corrected chi connectivity index (χ1v) is 10.3. The van der Waals surface area contributed by atoms with Crippen LogP contribution in [0.2, 0.25) is 0 Å². The summed E-state index contributed by atoms with van der Waals surface area (Å²) < 4.78 is 5.24. The van der Waals surface area contributed by atoms with Gasteiger partial charge in [-0.15, -0.1) is 11.3 Å². The number of Topliss-reactive ketones (excluding diaryl/α,β-unsaturated/α-hetero) is 1. The number of nitro benzene ring substituents is 1. The van der Waals surface area contributed by atoms with Crippen LogP contribution >= 0.6 is 11.3 Å². The van der Waals surface area contributed by atoms with E-state index in [1.54, 1.807) is 36.6 Å². The number of anilines is 1. The van der Waals surface area contributed by atoms with Gasteiger partial charge in [0.05, 0.1) is 23.6 Å². The lowest BCUT2D eigenvalue weighted by Crippen LogP contribution is -2.29. The first-order valence-electron chi connectivity index (χ1n) is 9.43. The van der Waals surface area contributed by atoms with Crippen molar-refractivity contribution in [3.63, 3.8) is 0 Å². The number of nitrogens with zero attached hydrogens (tertiary/aromatic N) is 3. The van der Waals surface area contributed by atoms with Gasteiger partial charge in [0.15, 0.2) is 5.13 Å². The summed E-state index contributed by atoms with van der Waals surface area (Å²) in [7, 11) is 1.52. The largest absolute Gasteiger partial charge is 0.507 e. The molecule has 1 aliphatic heterocycles. The Kier molecular flexibility index (Phi) is 5.45. The number of thiazole rings is 1. The van der Waals surface area contributed by atoms with Crippen LogP contribution < -0.4 is 9.64 Å².